The average molecular weight is 384 g/mol. The molecule has 3 unspecified atom stereocenters. The molecule has 2 fully saturated rings. The fourth-order valence-electron chi connectivity index (χ4n) is 4.52. The van der Waals surface area contributed by atoms with Gasteiger partial charge in [0.05, 0.1) is 0 Å². The highest BCUT2D eigenvalue weighted by Gasteiger charge is 2.39. The van der Waals surface area contributed by atoms with Crippen LogP contribution in [0.5, 0.6) is 0 Å². The lowest BCUT2D eigenvalue weighted by Gasteiger charge is -2.29. The van der Waals surface area contributed by atoms with Crippen LogP contribution in [-0.2, 0) is 22.7 Å². The Balaban J connectivity index is 1.48. The van der Waals surface area contributed by atoms with Crippen molar-refractivity contribution >= 4 is 17.7 Å². The number of carbonyl (C=O) groups excluding carboxylic acids is 3. The molecule has 3 atom stereocenters. The third-order valence-corrected chi connectivity index (χ3v) is 5.92. The number of imide groups is 1. The first-order chi connectivity index (χ1) is 13.4. The summed E-state index contributed by atoms with van der Waals surface area (Å²) in [6, 6.07) is 5.98. The Hall–Kier alpha value is -2.25. The standard InChI is InChI=1S/C21H28N4O3/c1-13-8-22-14(2)10-24(9-13)11-15-3-4-16-12-25(21(28)17(16)7-15)18-5-6-19(26)23-20(18)27/h3-4,7,13-14,18,22H,5-6,8-12H2,1-2H3,(H,23,26,27). The molecule has 3 amide bonds. The van der Waals surface area contributed by atoms with Gasteiger partial charge in [-0.05, 0) is 43.0 Å². The second-order valence-electron chi connectivity index (χ2n) is 8.50. The summed E-state index contributed by atoms with van der Waals surface area (Å²) in [4.78, 5) is 40.6. The van der Waals surface area contributed by atoms with Crippen molar-refractivity contribution in [3.63, 3.8) is 0 Å². The second kappa shape index (κ2) is 7.64. The van der Waals surface area contributed by atoms with Crippen LogP contribution in [0.1, 0.15) is 48.2 Å². The maximum Gasteiger partial charge on any atom is 0.255 e. The van der Waals surface area contributed by atoms with Crippen LogP contribution in [0.15, 0.2) is 18.2 Å². The molecule has 1 aromatic rings. The van der Waals surface area contributed by atoms with Crippen molar-refractivity contribution in [1.29, 1.82) is 0 Å². The monoisotopic (exact) mass is 384 g/mol. The molecule has 0 spiro atoms. The first-order valence-corrected chi connectivity index (χ1v) is 10.1. The highest BCUT2D eigenvalue weighted by Crippen LogP contribution is 2.28. The predicted molar refractivity (Wildman–Crippen MR) is 104 cm³/mol. The molecule has 2 saturated heterocycles. The molecule has 0 aromatic heterocycles. The number of piperidine rings is 1. The summed E-state index contributed by atoms with van der Waals surface area (Å²) in [6.07, 6.45) is 0.676. The predicted octanol–water partition coefficient (Wildman–Crippen LogP) is 0.877. The van der Waals surface area contributed by atoms with Crippen molar-refractivity contribution in [1.82, 2.24) is 20.4 Å². The molecular weight excluding hydrogens is 356 g/mol. The smallest absolute Gasteiger partial charge is 0.255 e. The summed E-state index contributed by atoms with van der Waals surface area (Å²) in [7, 11) is 0. The van der Waals surface area contributed by atoms with E-state index in [1.54, 1.807) is 4.90 Å². The van der Waals surface area contributed by atoms with Crippen molar-refractivity contribution in [2.24, 2.45) is 5.92 Å². The zero-order valence-electron chi connectivity index (χ0n) is 16.5. The van der Waals surface area contributed by atoms with Gasteiger partial charge in [-0.3, -0.25) is 24.6 Å². The summed E-state index contributed by atoms with van der Waals surface area (Å²) in [5.74, 6) is -0.143. The highest BCUT2D eigenvalue weighted by atomic mass is 16.2. The Bertz CT molecular complexity index is 797. The Kier molecular flexibility index (Phi) is 5.21. The molecule has 0 radical (unpaired) electrons. The molecular formula is C21H28N4O3. The average Bonchev–Trinajstić information content (AvgIpc) is 2.86. The van der Waals surface area contributed by atoms with E-state index in [4.69, 9.17) is 0 Å². The van der Waals surface area contributed by atoms with Gasteiger partial charge in [-0.15, -0.1) is 0 Å². The first kappa shape index (κ1) is 19.1. The molecule has 4 rings (SSSR count). The maximum absolute atomic E-state index is 13.0. The van der Waals surface area contributed by atoms with Crippen LogP contribution in [0, 0.1) is 5.92 Å². The van der Waals surface area contributed by atoms with Gasteiger partial charge in [-0.1, -0.05) is 19.1 Å². The number of carbonyl (C=O) groups is 3. The van der Waals surface area contributed by atoms with Gasteiger partial charge in [-0.25, -0.2) is 0 Å². The van der Waals surface area contributed by atoms with Gasteiger partial charge in [0, 0.05) is 44.2 Å². The maximum atomic E-state index is 13.0. The third kappa shape index (κ3) is 3.82. The number of hydrogen-bond donors (Lipinski definition) is 2. The van der Waals surface area contributed by atoms with E-state index < -0.39 is 6.04 Å². The fourth-order valence-corrected chi connectivity index (χ4v) is 4.52. The summed E-state index contributed by atoms with van der Waals surface area (Å²) < 4.78 is 0. The minimum absolute atomic E-state index is 0.106. The van der Waals surface area contributed by atoms with Gasteiger partial charge in [0.25, 0.3) is 5.91 Å². The molecule has 0 aliphatic carbocycles. The topological polar surface area (TPSA) is 81.8 Å². The molecule has 150 valence electrons. The lowest BCUT2D eigenvalue weighted by Crippen LogP contribution is -2.52. The van der Waals surface area contributed by atoms with Crippen LogP contribution in [0.2, 0.25) is 0 Å². The second-order valence-corrected chi connectivity index (χ2v) is 8.50. The zero-order valence-corrected chi connectivity index (χ0v) is 16.5. The van der Waals surface area contributed by atoms with E-state index in [0.717, 1.165) is 37.3 Å². The van der Waals surface area contributed by atoms with E-state index in [9.17, 15) is 14.4 Å². The van der Waals surface area contributed by atoms with Crippen molar-refractivity contribution in [2.75, 3.05) is 19.6 Å². The van der Waals surface area contributed by atoms with E-state index >= 15 is 0 Å². The van der Waals surface area contributed by atoms with Crippen molar-refractivity contribution < 1.29 is 14.4 Å². The van der Waals surface area contributed by atoms with Crippen LogP contribution in [-0.4, -0.2) is 59.2 Å². The van der Waals surface area contributed by atoms with Crippen molar-refractivity contribution in [2.45, 2.75) is 51.9 Å². The minimum atomic E-state index is -0.556. The molecule has 0 saturated carbocycles. The Morgan fingerprint density at radius 3 is 2.75 bits per heavy atom. The van der Waals surface area contributed by atoms with Crippen LogP contribution in [0.25, 0.3) is 0 Å². The van der Waals surface area contributed by atoms with Crippen LogP contribution >= 0.6 is 0 Å². The SMILES string of the molecule is CC1CNC(C)CN(Cc2ccc3c(c2)C(=O)N(C2CCC(=O)NC2=O)C3)C1. The van der Waals surface area contributed by atoms with E-state index in [-0.39, 0.29) is 24.1 Å². The van der Waals surface area contributed by atoms with E-state index in [2.05, 4.69) is 35.4 Å². The van der Waals surface area contributed by atoms with Gasteiger partial charge in [0.15, 0.2) is 0 Å². The number of nitrogens with one attached hydrogen (secondary N) is 2. The fraction of sp³-hybridized carbons (Fsp3) is 0.571. The summed E-state index contributed by atoms with van der Waals surface area (Å²) >= 11 is 0. The normalized spacial score (nSPS) is 28.9. The van der Waals surface area contributed by atoms with Gasteiger partial charge < -0.3 is 10.2 Å². The van der Waals surface area contributed by atoms with E-state index in [1.807, 2.05) is 12.1 Å². The Morgan fingerprint density at radius 1 is 1.14 bits per heavy atom. The first-order valence-electron chi connectivity index (χ1n) is 10.1. The number of rotatable bonds is 3. The quantitative estimate of drug-likeness (QED) is 0.756. The number of hydrogen-bond acceptors (Lipinski definition) is 5. The van der Waals surface area contributed by atoms with Crippen LogP contribution < -0.4 is 10.6 Å². The molecule has 3 aliphatic rings. The molecule has 28 heavy (non-hydrogen) atoms. The molecule has 7 nitrogen and oxygen atoms in total. The van der Waals surface area contributed by atoms with Crippen molar-refractivity contribution in [3.8, 4) is 0 Å². The van der Waals surface area contributed by atoms with Crippen molar-refractivity contribution in [3.05, 3.63) is 34.9 Å². The molecule has 1 aromatic carbocycles. The van der Waals surface area contributed by atoms with Gasteiger partial charge >= 0.3 is 0 Å². The highest BCUT2D eigenvalue weighted by molar-refractivity contribution is 6.05. The molecule has 0 bridgehead atoms. The number of amides is 3. The number of benzene rings is 1. The van der Waals surface area contributed by atoms with Crippen LogP contribution in [0.3, 0.4) is 0 Å². The summed E-state index contributed by atoms with van der Waals surface area (Å²) in [6.45, 7) is 8.75. The molecule has 3 heterocycles. The van der Waals surface area contributed by atoms with Gasteiger partial charge in [-0.2, -0.15) is 0 Å². The number of fused-ring (bicyclic) bond motifs is 1. The molecule has 2 N–H and O–H groups in total. The summed E-state index contributed by atoms with van der Waals surface area (Å²) in [5.41, 5.74) is 2.77. The molecule has 3 aliphatic heterocycles. The Morgan fingerprint density at radius 2 is 1.96 bits per heavy atom. The number of nitrogens with zero attached hydrogens (tertiary/aromatic N) is 2. The Labute approximate surface area is 165 Å². The molecule has 7 heteroatoms. The van der Waals surface area contributed by atoms with Gasteiger partial charge in [0.1, 0.15) is 6.04 Å². The largest absolute Gasteiger partial charge is 0.322 e. The summed E-state index contributed by atoms with van der Waals surface area (Å²) in [5, 5.41) is 5.89. The van der Waals surface area contributed by atoms with Gasteiger partial charge in [0.2, 0.25) is 11.8 Å². The lowest BCUT2D eigenvalue weighted by molar-refractivity contribution is -0.136. The zero-order chi connectivity index (χ0) is 19.8. The van der Waals surface area contributed by atoms with E-state index in [0.29, 0.717) is 30.5 Å². The lowest BCUT2D eigenvalue weighted by atomic mass is 10.0. The van der Waals surface area contributed by atoms with Crippen LogP contribution in [0.4, 0.5) is 0 Å². The third-order valence-electron chi connectivity index (χ3n) is 5.92. The van der Waals surface area contributed by atoms with E-state index in [1.165, 1.54) is 0 Å². The minimum Gasteiger partial charge on any atom is -0.322 e.